The molecule has 1 aromatic carbocycles. The van der Waals surface area contributed by atoms with Crippen LogP contribution in [0.5, 0.6) is 5.75 Å². The zero-order valence-corrected chi connectivity index (χ0v) is 9.83. The second kappa shape index (κ2) is 5.09. The third-order valence-corrected chi connectivity index (χ3v) is 2.98. The number of aliphatic hydroxyl groups excluding tert-OH is 1. The van der Waals surface area contributed by atoms with Crippen molar-refractivity contribution < 1.29 is 9.84 Å². The Kier molecular flexibility index (Phi) is 3.54. The molecule has 2 rings (SSSR count). The van der Waals surface area contributed by atoms with Crippen molar-refractivity contribution in [2.75, 3.05) is 0 Å². The van der Waals surface area contributed by atoms with E-state index in [-0.39, 0.29) is 6.61 Å². The van der Waals surface area contributed by atoms with Gasteiger partial charge in [-0.3, -0.25) is 0 Å². The molecule has 0 aliphatic heterocycles. The van der Waals surface area contributed by atoms with E-state index < -0.39 is 0 Å². The Morgan fingerprint density at radius 2 is 2.06 bits per heavy atom. The van der Waals surface area contributed by atoms with E-state index in [1.54, 1.807) is 11.3 Å². The van der Waals surface area contributed by atoms with Crippen LogP contribution in [0.15, 0.2) is 29.6 Å². The molecule has 0 saturated heterocycles. The van der Waals surface area contributed by atoms with Gasteiger partial charge in [0.05, 0.1) is 17.3 Å². The molecule has 0 atom stereocenters. The molecule has 1 heterocycles. The second-order valence-electron chi connectivity index (χ2n) is 3.45. The molecule has 0 radical (unpaired) electrons. The number of aliphatic hydroxyl groups is 1. The first kappa shape index (κ1) is 11.1. The van der Waals surface area contributed by atoms with Gasteiger partial charge in [-0.25, -0.2) is 4.98 Å². The average Bonchev–Trinajstić information content (AvgIpc) is 2.73. The van der Waals surface area contributed by atoms with Crippen molar-refractivity contribution >= 4 is 11.3 Å². The third kappa shape index (κ3) is 2.81. The van der Waals surface area contributed by atoms with Gasteiger partial charge in [0.2, 0.25) is 0 Å². The molecule has 84 valence electrons. The summed E-state index contributed by atoms with van der Waals surface area (Å²) >= 11 is 1.62. The third-order valence-electron chi connectivity index (χ3n) is 2.16. The Balaban J connectivity index is 1.94. The minimum absolute atomic E-state index is 0.0611. The highest BCUT2D eigenvalue weighted by Gasteiger charge is 1.99. The normalized spacial score (nSPS) is 10.4. The van der Waals surface area contributed by atoms with E-state index >= 15 is 0 Å². The summed E-state index contributed by atoms with van der Waals surface area (Å²) in [6.45, 7) is 2.53. The minimum Gasteiger partial charge on any atom is -0.487 e. The van der Waals surface area contributed by atoms with Crippen molar-refractivity contribution in [1.29, 1.82) is 0 Å². The Hall–Kier alpha value is -1.39. The molecule has 0 bridgehead atoms. The topological polar surface area (TPSA) is 42.4 Å². The quantitative estimate of drug-likeness (QED) is 0.885. The van der Waals surface area contributed by atoms with Crippen LogP contribution in [-0.4, -0.2) is 10.1 Å². The molecule has 0 aliphatic rings. The van der Waals surface area contributed by atoms with Crippen molar-refractivity contribution in [3.8, 4) is 5.75 Å². The molecule has 3 nitrogen and oxygen atoms in total. The van der Waals surface area contributed by atoms with Gasteiger partial charge in [-0.1, -0.05) is 12.1 Å². The fraction of sp³-hybridized carbons (Fsp3) is 0.250. The number of rotatable bonds is 4. The number of ether oxygens (including phenoxy) is 1. The van der Waals surface area contributed by atoms with Crippen molar-refractivity contribution in [1.82, 2.24) is 4.98 Å². The van der Waals surface area contributed by atoms with Gasteiger partial charge in [0.25, 0.3) is 0 Å². The van der Waals surface area contributed by atoms with Crippen molar-refractivity contribution in [2.24, 2.45) is 0 Å². The minimum atomic E-state index is 0.0611. The molecule has 0 spiro atoms. The van der Waals surface area contributed by atoms with E-state index in [0.29, 0.717) is 6.61 Å². The maximum Gasteiger partial charge on any atom is 0.131 e. The first-order valence-corrected chi connectivity index (χ1v) is 5.89. The Bertz CT molecular complexity index is 450. The van der Waals surface area contributed by atoms with Crippen molar-refractivity contribution in [3.05, 3.63) is 45.9 Å². The number of hydrogen-bond donors (Lipinski definition) is 1. The van der Waals surface area contributed by atoms with Crippen LogP contribution in [0.3, 0.4) is 0 Å². The molecular weight excluding hydrogens is 222 g/mol. The highest BCUT2D eigenvalue weighted by molar-refractivity contribution is 7.09. The Labute approximate surface area is 98.4 Å². The second-order valence-corrected chi connectivity index (χ2v) is 4.51. The predicted octanol–water partition coefficient (Wildman–Crippen LogP) is 2.52. The summed E-state index contributed by atoms with van der Waals surface area (Å²) in [7, 11) is 0. The first-order chi connectivity index (χ1) is 7.78. The van der Waals surface area contributed by atoms with Crippen LogP contribution in [0.1, 0.15) is 16.3 Å². The largest absolute Gasteiger partial charge is 0.487 e. The fourth-order valence-electron chi connectivity index (χ4n) is 1.32. The number of aryl methyl sites for hydroxylation is 1. The van der Waals surface area contributed by atoms with E-state index in [0.717, 1.165) is 22.0 Å². The molecule has 0 aliphatic carbocycles. The van der Waals surface area contributed by atoms with Gasteiger partial charge in [0.15, 0.2) is 0 Å². The van der Waals surface area contributed by atoms with Gasteiger partial charge >= 0.3 is 0 Å². The van der Waals surface area contributed by atoms with Gasteiger partial charge in [-0.2, -0.15) is 0 Å². The van der Waals surface area contributed by atoms with Crippen molar-refractivity contribution in [3.63, 3.8) is 0 Å². The van der Waals surface area contributed by atoms with Gasteiger partial charge in [-0.05, 0) is 24.6 Å². The maximum atomic E-state index is 8.89. The smallest absolute Gasteiger partial charge is 0.131 e. The van der Waals surface area contributed by atoms with E-state index in [1.807, 2.05) is 36.6 Å². The van der Waals surface area contributed by atoms with E-state index in [1.165, 1.54) is 0 Å². The number of nitrogens with zero attached hydrogens (tertiary/aromatic N) is 1. The molecule has 0 saturated carbocycles. The summed E-state index contributed by atoms with van der Waals surface area (Å²) in [6.07, 6.45) is 0. The highest BCUT2D eigenvalue weighted by Crippen LogP contribution is 2.15. The van der Waals surface area contributed by atoms with Crippen LogP contribution < -0.4 is 4.74 Å². The number of aromatic nitrogens is 1. The SMILES string of the molecule is Cc1nc(COc2ccc(CO)cc2)cs1. The molecule has 16 heavy (non-hydrogen) atoms. The number of thiazole rings is 1. The van der Waals surface area contributed by atoms with Gasteiger partial charge < -0.3 is 9.84 Å². The van der Waals surface area contributed by atoms with Crippen LogP contribution in [0.2, 0.25) is 0 Å². The monoisotopic (exact) mass is 235 g/mol. The van der Waals surface area contributed by atoms with Crippen LogP contribution in [-0.2, 0) is 13.2 Å². The van der Waals surface area contributed by atoms with Crippen LogP contribution in [0.4, 0.5) is 0 Å². The predicted molar refractivity (Wildman–Crippen MR) is 63.5 cm³/mol. The zero-order chi connectivity index (χ0) is 11.4. The van der Waals surface area contributed by atoms with Gasteiger partial charge in [-0.15, -0.1) is 11.3 Å². The zero-order valence-electron chi connectivity index (χ0n) is 9.01. The Morgan fingerprint density at radius 1 is 1.31 bits per heavy atom. The number of benzene rings is 1. The first-order valence-electron chi connectivity index (χ1n) is 5.01. The van der Waals surface area contributed by atoms with Crippen LogP contribution in [0, 0.1) is 6.92 Å². The maximum absolute atomic E-state index is 8.89. The summed E-state index contributed by atoms with van der Waals surface area (Å²) in [4.78, 5) is 4.31. The molecule has 1 aromatic heterocycles. The lowest BCUT2D eigenvalue weighted by molar-refractivity contribution is 0.280. The molecule has 0 amide bonds. The van der Waals surface area contributed by atoms with E-state index in [9.17, 15) is 0 Å². The van der Waals surface area contributed by atoms with Gasteiger partial charge in [0.1, 0.15) is 12.4 Å². The molecule has 0 unspecified atom stereocenters. The summed E-state index contributed by atoms with van der Waals surface area (Å²) in [5.74, 6) is 0.794. The van der Waals surface area contributed by atoms with Crippen molar-refractivity contribution in [2.45, 2.75) is 20.1 Å². The lowest BCUT2D eigenvalue weighted by atomic mass is 10.2. The molecule has 2 aromatic rings. The summed E-state index contributed by atoms with van der Waals surface area (Å²) < 4.78 is 5.57. The number of hydrogen-bond acceptors (Lipinski definition) is 4. The lowest BCUT2D eigenvalue weighted by Gasteiger charge is -2.04. The van der Waals surface area contributed by atoms with E-state index in [2.05, 4.69) is 4.98 Å². The summed E-state index contributed by atoms with van der Waals surface area (Å²) in [5.41, 5.74) is 1.84. The fourth-order valence-corrected chi connectivity index (χ4v) is 1.92. The molecule has 0 fully saturated rings. The van der Waals surface area contributed by atoms with Gasteiger partial charge in [0, 0.05) is 5.38 Å². The average molecular weight is 235 g/mol. The molecule has 1 N–H and O–H groups in total. The summed E-state index contributed by atoms with van der Waals surface area (Å²) in [5, 5.41) is 11.9. The summed E-state index contributed by atoms with van der Waals surface area (Å²) in [6, 6.07) is 7.40. The molecule has 4 heteroatoms. The van der Waals surface area contributed by atoms with Crippen LogP contribution in [0.25, 0.3) is 0 Å². The Morgan fingerprint density at radius 3 is 2.62 bits per heavy atom. The highest BCUT2D eigenvalue weighted by atomic mass is 32.1. The standard InChI is InChI=1S/C12H13NO2S/c1-9-13-11(8-16-9)7-15-12-4-2-10(6-14)3-5-12/h2-5,8,14H,6-7H2,1H3. The van der Waals surface area contributed by atoms with E-state index in [4.69, 9.17) is 9.84 Å². The van der Waals surface area contributed by atoms with Crippen LogP contribution >= 0.6 is 11.3 Å². The molecular formula is C12H13NO2S. The lowest BCUT2D eigenvalue weighted by Crippen LogP contribution is -1.95.